The molecule has 1 aromatic heterocycles. The Hall–Kier alpha value is -2.41. The van der Waals surface area contributed by atoms with Crippen molar-refractivity contribution in [3.05, 3.63) is 24.1 Å². The first-order valence-electron chi connectivity index (χ1n) is 5.61. The molecule has 0 saturated heterocycles. The monoisotopic (exact) mass is 263 g/mol. The number of aryl methyl sites for hydroxylation is 1. The zero-order valence-electron chi connectivity index (χ0n) is 10.2. The average molecular weight is 263 g/mol. The number of carbonyl (C=O) groups is 2. The fourth-order valence-corrected chi connectivity index (χ4v) is 1.62. The van der Waals surface area contributed by atoms with Crippen molar-refractivity contribution in [3.8, 4) is 0 Å². The number of carboxylic acids is 1. The van der Waals surface area contributed by atoms with Gasteiger partial charge in [-0.25, -0.2) is 4.98 Å². The number of hydrogen-bond acceptors (Lipinski definition) is 5. The first kappa shape index (κ1) is 13.0. The van der Waals surface area contributed by atoms with Crippen molar-refractivity contribution in [1.82, 2.24) is 4.98 Å². The van der Waals surface area contributed by atoms with Crippen LogP contribution in [0.15, 0.2) is 22.6 Å². The minimum Gasteiger partial charge on any atom is -0.480 e. The molecule has 1 amide bonds. The number of aliphatic carboxylic acids is 1. The maximum atomic E-state index is 11.6. The second-order valence-corrected chi connectivity index (χ2v) is 4.11. The van der Waals surface area contributed by atoms with E-state index in [1.165, 1.54) is 0 Å². The molecule has 0 bridgehead atoms. The number of nitrogens with zero attached hydrogens (tertiary/aromatic N) is 1. The maximum absolute atomic E-state index is 11.6. The van der Waals surface area contributed by atoms with Crippen LogP contribution in [0.2, 0.25) is 0 Å². The quantitative estimate of drug-likeness (QED) is 0.753. The third kappa shape index (κ3) is 3.08. The van der Waals surface area contributed by atoms with Gasteiger partial charge in [-0.05, 0) is 12.1 Å². The Labute approximate surface area is 108 Å². The number of amides is 1. The number of hydrogen-bond donors (Lipinski definition) is 3. The van der Waals surface area contributed by atoms with Gasteiger partial charge in [0.05, 0.1) is 6.42 Å². The zero-order chi connectivity index (χ0) is 14.0. The Morgan fingerprint density at radius 1 is 1.53 bits per heavy atom. The molecule has 2 aromatic rings. The summed E-state index contributed by atoms with van der Waals surface area (Å²) in [5.41, 5.74) is 7.03. The normalized spacial score (nSPS) is 12.3. The molecule has 0 aliphatic heterocycles. The summed E-state index contributed by atoms with van der Waals surface area (Å²) in [5, 5.41) is 11.2. The van der Waals surface area contributed by atoms with Crippen LogP contribution >= 0.6 is 0 Å². The van der Waals surface area contributed by atoms with E-state index in [1.807, 2.05) is 0 Å². The maximum Gasteiger partial charge on any atom is 0.321 e. The lowest BCUT2D eigenvalue weighted by molar-refractivity contribution is -0.140. The highest BCUT2D eigenvalue weighted by Crippen LogP contribution is 2.19. The molecule has 4 N–H and O–H groups in total. The van der Waals surface area contributed by atoms with E-state index in [9.17, 15) is 9.59 Å². The van der Waals surface area contributed by atoms with E-state index in [0.717, 1.165) is 0 Å². The molecule has 1 unspecified atom stereocenters. The van der Waals surface area contributed by atoms with Gasteiger partial charge >= 0.3 is 5.97 Å². The second-order valence-electron chi connectivity index (χ2n) is 4.11. The number of rotatable bonds is 4. The summed E-state index contributed by atoms with van der Waals surface area (Å²) >= 11 is 0. The topological polar surface area (TPSA) is 118 Å². The van der Waals surface area contributed by atoms with Crippen LogP contribution in [-0.4, -0.2) is 28.0 Å². The number of nitrogens with one attached hydrogen (secondary N) is 1. The highest BCUT2D eigenvalue weighted by molar-refractivity contribution is 5.95. The largest absolute Gasteiger partial charge is 0.480 e. The van der Waals surface area contributed by atoms with E-state index in [4.69, 9.17) is 15.3 Å². The van der Waals surface area contributed by atoms with E-state index >= 15 is 0 Å². The standard InChI is InChI=1S/C12H13N3O4/c1-6-14-9-3-2-7(4-10(9)19-6)15-11(16)5-8(13)12(17)18/h2-4,8H,5,13H2,1H3,(H,15,16)(H,17,18). The zero-order valence-corrected chi connectivity index (χ0v) is 10.2. The highest BCUT2D eigenvalue weighted by atomic mass is 16.4. The number of nitrogens with two attached hydrogens (primary N) is 1. The van der Waals surface area contributed by atoms with Gasteiger partial charge in [0.15, 0.2) is 11.5 Å². The lowest BCUT2D eigenvalue weighted by Gasteiger charge is -2.07. The molecule has 0 aliphatic rings. The minimum atomic E-state index is -1.21. The number of anilines is 1. The molecule has 0 spiro atoms. The molecule has 1 heterocycles. The van der Waals surface area contributed by atoms with Crippen LogP contribution in [-0.2, 0) is 9.59 Å². The van der Waals surface area contributed by atoms with Crippen molar-refractivity contribution < 1.29 is 19.1 Å². The van der Waals surface area contributed by atoms with Gasteiger partial charge in [-0.15, -0.1) is 0 Å². The number of carbonyl (C=O) groups excluding carboxylic acids is 1. The third-order valence-corrected chi connectivity index (χ3v) is 2.50. The molecule has 7 heteroatoms. The Morgan fingerprint density at radius 3 is 2.95 bits per heavy atom. The summed E-state index contributed by atoms with van der Waals surface area (Å²) in [7, 11) is 0. The number of oxazole rings is 1. The highest BCUT2D eigenvalue weighted by Gasteiger charge is 2.16. The summed E-state index contributed by atoms with van der Waals surface area (Å²) < 4.78 is 5.33. The average Bonchev–Trinajstić information content (AvgIpc) is 2.68. The van der Waals surface area contributed by atoms with Crippen molar-refractivity contribution in [3.63, 3.8) is 0 Å². The van der Waals surface area contributed by atoms with Gasteiger partial charge in [-0.3, -0.25) is 9.59 Å². The molecule has 0 aliphatic carbocycles. The predicted molar refractivity (Wildman–Crippen MR) is 67.6 cm³/mol. The number of aromatic nitrogens is 1. The number of carboxylic acid groups (broad SMARTS) is 1. The Bertz CT molecular complexity index is 635. The van der Waals surface area contributed by atoms with E-state index in [0.29, 0.717) is 22.7 Å². The first-order valence-corrected chi connectivity index (χ1v) is 5.61. The lowest BCUT2D eigenvalue weighted by atomic mass is 10.2. The van der Waals surface area contributed by atoms with Gasteiger partial charge in [0.2, 0.25) is 5.91 Å². The van der Waals surface area contributed by atoms with Crippen molar-refractivity contribution >= 4 is 28.7 Å². The Kier molecular flexibility index (Phi) is 3.48. The van der Waals surface area contributed by atoms with Crippen molar-refractivity contribution in [2.45, 2.75) is 19.4 Å². The third-order valence-electron chi connectivity index (χ3n) is 2.50. The fraction of sp³-hybridized carbons (Fsp3) is 0.250. The molecule has 0 radical (unpaired) electrons. The van der Waals surface area contributed by atoms with E-state index < -0.39 is 17.9 Å². The summed E-state index contributed by atoms with van der Waals surface area (Å²) in [6, 6.07) is 3.78. The molecule has 19 heavy (non-hydrogen) atoms. The van der Waals surface area contributed by atoms with Crippen LogP contribution in [0, 0.1) is 6.92 Å². The van der Waals surface area contributed by atoms with E-state index in [2.05, 4.69) is 10.3 Å². The summed E-state index contributed by atoms with van der Waals surface area (Å²) in [6.07, 6.45) is -0.289. The molecule has 2 rings (SSSR count). The van der Waals surface area contributed by atoms with Crippen molar-refractivity contribution in [1.29, 1.82) is 0 Å². The predicted octanol–water partition coefficient (Wildman–Crippen LogP) is 0.877. The smallest absolute Gasteiger partial charge is 0.321 e. The second kappa shape index (κ2) is 5.07. The molecule has 1 atom stereocenters. The van der Waals surface area contributed by atoms with Gasteiger partial charge < -0.3 is 20.6 Å². The molecule has 100 valence electrons. The number of fused-ring (bicyclic) bond motifs is 1. The van der Waals surface area contributed by atoms with Crippen LogP contribution in [0.5, 0.6) is 0 Å². The van der Waals surface area contributed by atoms with Crippen LogP contribution in [0.1, 0.15) is 12.3 Å². The molecule has 0 saturated carbocycles. The van der Waals surface area contributed by atoms with E-state index in [1.54, 1.807) is 25.1 Å². The summed E-state index contributed by atoms with van der Waals surface area (Å²) in [4.78, 5) is 26.2. The molecule has 0 fully saturated rings. The molecular formula is C12H13N3O4. The Balaban J connectivity index is 2.08. The van der Waals surface area contributed by atoms with Crippen LogP contribution < -0.4 is 11.1 Å². The van der Waals surface area contributed by atoms with Gasteiger partial charge in [0.1, 0.15) is 11.6 Å². The molecule has 7 nitrogen and oxygen atoms in total. The molecular weight excluding hydrogens is 250 g/mol. The van der Waals surface area contributed by atoms with E-state index in [-0.39, 0.29) is 6.42 Å². The molecule has 1 aromatic carbocycles. The van der Waals surface area contributed by atoms with Gasteiger partial charge in [0, 0.05) is 18.7 Å². The van der Waals surface area contributed by atoms with Gasteiger partial charge in [-0.1, -0.05) is 0 Å². The minimum absolute atomic E-state index is 0.289. The number of benzene rings is 1. The van der Waals surface area contributed by atoms with Crippen LogP contribution in [0.4, 0.5) is 5.69 Å². The van der Waals surface area contributed by atoms with Crippen molar-refractivity contribution in [2.75, 3.05) is 5.32 Å². The summed E-state index contributed by atoms with van der Waals surface area (Å²) in [5.74, 6) is -1.15. The van der Waals surface area contributed by atoms with Gasteiger partial charge in [0.25, 0.3) is 0 Å². The van der Waals surface area contributed by atoms with Crippen molar-refractivity contribution in [2.24, 2.45) is 5.73 Å². The first-order chi connectivity index (χ1) is 8.95. The SMILES string of the molecule is Cc1nc2ccc(NC(=O)CC(N)C(=O)O)cc2o1. The summed E-state index contributed by atoms with van der Waals surface area (Å²) in [6.45, 7) is 1.73. The fourth-order valence-electron chi connectivity index (χ4n) is 1.62. The van der Waals surface area contributed by atoms with Gasteiger partial charge in [-0.2, -0.15) is 0 Å². The Morgan fingerprint density at radius 2 is 2.26 bits per heavy atom. The van der Waals surface area contributed by atoms with Crippen LogP contribution in [0.3, 0.4) is 0 Å². The lowest BCUT2D eigenvalue weighted by Crippen LogP contribution is -2.34. The van der Waals surface area contributed by atoms with Crippen LogP contribution in [0.25, 0.3) is 11.1 Å².